The van der Waals surface area contributed by atoms with E-state index >= 15 is 0 Å². The molecule has 4 heteroatoms. The Balaban J connectivity index is 1.81. The lowest BCUT2D eigenvalue weighted by Gasteiger charge is -2.27. The number of carbonyl (C=O) groups is 1. The number of rotatable bonds is 3. The number of hydrogen-bond donors (Lipinski definition) is 2. The molecule has 0 spiro atoms. The third kappa shape index (κ3) is 3.28. The third-order valence-corrected chi connectivity index (χ3v) is 3.95. The molecule has 4 nitrogen and oxygen atoms in total. The number of phenols is 1. The van der Waals surface area contributed by atoms with Crippen LogP contribution in [0.5, 0.6) is 5.75 Å². The number of piperazine rings is 1. The molecule has 3 rings (SSSR count). The van der Waals surface area contributed by atoms with Crippen molar-refractivity contribution >= 4 is 5.91 Å². The van der Waals surface area contributed by atoms with Gasteiger partial charge in [-0.15, -0.1) is 0 Å². The van der Waals surface area contributed by atoms with E-state index in [-0.39, 0.29) is 11.7 Å². The molecule has 1 saturated heterocycles. The number of aromatic hydroxyl groups is 1. The van der Waals surface area contributed by atoms with Gasteiger partial charge >= 0.3 is 0 Å². The van der Waals surface area contributed by atoms with Crippen molar-refractivity contribution in [2.24, 2.45) is 0 Å². The van der Waals surface area contributed by atoms with Gasteiger partial charge in [0.05, 0.1) is 5.56 Å². The van der Waals surface area contributed by atoms with E-state index in [4.69, 9.17) is 0 Å². The van der Waals surface area contributed by atoms with Crippen LogP contribution >= 0.6 is 0 Å². The van der Waals surface area contributed by atoms with Gasteiger partial charge in [-0.25, -0.2) is 0 Å². The van der Waals surface area contributed by atoms with Crippen molar-refractivity contribution in [2.75, 3.05) is 26.2 Å². The van der Waals surface area contributed by atoms with Crippen LogP contribution in [0.4, 0.5) is 0 Å². The molecule has 1 aliphatic heterocycles. The number of nitrogens with zero attached hydrogens (tertiary/aromatic N) is 1. The highest BCUT2D eigenvalue weighted by Crippen LogP contribution is 2.22. The van der Waals surface area contributed by atoms with Crippen LogP contribution in [0.15, 0.2) is 48.5 Å². The van der Waals surface area contributed by atoms with Crippen molar-refractivity contribution in [1.29, 1.82) is 0 Å². The molecule has 114 valence electrons. The van der Waals surface area contributed by atoms with Crippen LogP contribution in [0.2, 0.25) is 0 Å². The van der Waals surface area contributed by atoms with E-state index in [0.717, 1.165) is 25.1 Å². The molecule has 0 bridgehead atoms. The molecule has 0 saturated carbocycles. The first-order valence-corrected chi connectivity index (χ1v) is 7.60. The Hall–Kier alpha value is -2.33. The molecular formula is C18H20N2O2. The van der Waals surface area contributed by atoms with Crippen molar-refractivity contribution in [1.82, 2.24) is 10.2 Å². The SMILES string of the molecule is O=C(c1cc(Cc2ccccc2)ccc1O)N1CCNCC1. The van der Waals surface area contributed by atoms with Gasteiger partial charge in [0.2, 0.25) is 0 Å². The van der Waals surface area contributed by atoms with Crippen molar-refractivity contribution in [3.63, 3.8) is 0 Å². The summed E-state index contributed by atoms with van der Waals surface area (Å²) >= 11 is 0. The molecule has 2 aromatic rings. The smallest absolute Gasteiger partial charge is 0.257 e. The molecule has 0 aromatic heterocycles. The number of amides is 1. The third-order valence-electron chi connectivity index (χ3n) is 3.95. The van der Waals surface area contributed by atoms with Crippen LogP contribution in [0, 0.1) is 0 Å². The van der Waals surface area contributed by atoms with Gasteiger partial charge in [0.25, 0.3) is 5.91 Å². The van der Waals surface area contributed by atoms with E-state index in [9.17, 15) is 9.90 Å². The molecule has 1 heterocycles. The first kappa shape index (κ1) is 14.6. The highest BCUT2D eigenvalue weighted by Gasteiger charge is 2.20. The van der Waals surface area contributed by atoms with Gasteiger partial charge in [-0.1, -0.05) is 36.4 Å². The van der Waals surface area contributed by atoms with E-state index in [2.05, 4.69) is 17.4 Å². The van der Waals surface area contributed by atoms with Crippen molar-refractivity contribution < 1.29 is 9.90 Å². The Morgan fingerprint density at radius 1 is 1.05 bits per heavy atom. The number of nitrogens with one attached hydrogen (secondary N) is 1. The molecule has 0 atom stereocenters. The largest absolute Gasteiger partial charge is 0.507 e. The fourth-order valence-electron chi connectivity index (χ4n) is 2.73. The Morgan fingerprint density at radius 3 is 2.50 bits per heavy atom. The highest BCUT2D eigenvalue weighted by molar-refractivity contribution is 5.97. The molecule has 1 fully saturated rings. The molecule has 0 aliphatic carbocycles. The minimum atomic E-state index is -0.0890. The Kier molecular flexibility index (Phi) is 4.39. The summed E-state index contributed by atoms with van der Waals surface area (Å²) in [7, 11) is 0. The van der Waals surface area contributed by atoms with E-state index < -0.39 is 0 Å². The van der Waals surface area contributed by atoms with Crippen LogP contribution in [0.3, 0.4) is 0 Å². The summed E-state index contributed by atoms with van der Waals surface area (Å²) in [4.78, 5) is 14.4. The highest BCUT2D eigenvalue weighted by atomic mass is 16.3. The quantitative estimate of drug-likeness (QED) is 0.911. The molecule has 1 aliphatic rings. The van der Waals surface area contributed by atoms with Gasteiger partial charge in [-0.2, -0.15) is 0 Å². The van der Waals surface area contributed by atoms with Crippen LogP contribution in [-0.2, 0) is 6.42 Å². The number of carbonyl (C=O) groups excluding carboxylic acids is 1. The molecule has 1 amide bonds. The van der Waals surface area contributed by atoms with E-state index in [1.165, 1.54) is 5.56 Å². The Bertz CT molecular complexity index is 649. The van der Waals surface area contributed by atoms with Gasteiger partial charge < -0.3 is 15.3 Å². The zero-order valence-corrected chi connectivity index (χ0v) is 12.5. The average molecular weight is 296 g/mol. The predicted molar refractivity (Wildman–Crippen MR) is 86.1 cm³/mol. The molecule has 2 aromatic carbocycles. The van der Waals surface area contributed by atoms with Crippen LogP contribution in [0.25, 0.3) is 0 Å². The van der Waals surface area contributed by atoms with Gasteiger partial charge in [-0.3, -0.25) is 4.79 Å². The van der Waals surface area contributed by atoms with Crippen molar-refractivity contribution in [3.05, 3.63) is 65.2 Å². The zero-order valence-electron chi connectivity index (χ0n) is 12.5. The monoisotopic (exact) mass is 296 g/mol. The second-order valence-electron chi connectivity index (χ2n) is 5.56. The predicted octanol–water partition coefficient (Wildman–Crippen LogP) is 2.03. The molecule has 0 unspecified atom stereocenters. The number of phenolic OH excluding ortho intramolecular Hbond substituents is 1. The summed E-state index contributed by atoms with van der Waals surface area (Å²) in [5.41, 5.74) is 2.62. The van der Waals surface area contributed by atoms with Crippen molar-refractivity contribution in [3.8, 4) is 5.75 Å². The fraction of sp³-hybridized carbons (Fsp3) is 0.278. The minimum Gasteiger partial charge on any atom is -0.507 e. The topological polar surface area (TPSA) is 52.6 Å². The lowest BCUT2D eigenvalue weighted by atomic mass is 10.0. The van der Waals surface area contributed by atoms with Crippen LogP contribution in [-0.4, -0.2) is 42.1 Å². The summed E-state index contributed by atoms with van der Waals surface area (Å²) in [5, 5.41) is 13.3. The first-order chi connectivity index (χ1) is 10.7. The van der Waals surface area contributed by atoms with E-state index in [1.54, 1.807) is 11.0 Å². The standard InChI is InChI=1S/C18H20N2O2/c21-17-7-6-15(12-14-4-2-1-3-5-14)13-16(17)18(22)20-10-8-19-9-11-20/h1-7,13,19,21H,8-12H2. The average Bonchev–Trinajstić information content (AvgIpc) is 2.58. The number of hydrogen-bond acceptors (Lipinski definition) is 3. The van der Waals surface area contributed by atoms with Gasteiger partial charge in [0.15, 0.2) is 0 Å². The van der Waals surface area contributed by atoms with Crippen molar-refractivity contribution in [2.45, 2.75) is 6.42 Å². The molecular weight excluding hydrogens is 276 g/mol. The summed E-state index contributed by atoms with van der Waals surface area (Å²) < 4.78 is 0. The molecule has 2 N–H and O–H groups in total. The zero-order chi connectivity index (χ0) is 15.4. The fourth-order valence-corrected chi connectivity index (χ4v) is 2.73. The van der Waals surface area contributed by atoms with Crippen LogP contribution in [0.1, 0.15) is 21.5 Å². The number of benzene rings is 2. The summed E-state index contributed by atoms with van der Waals surface area (Å²) in [6.07, 6.45) is 0.753. The van der Waals surface area contributed by atoms with Gasteiger partial charge in [-0.05, 0) is 29.7 Å². The van der Waals surface area contributed by atoms with E-state index in [0.29, 0.717) is 18.7 Å². The van der Waals surface area contributed by atoms with Crippen LogP contribution < -0.4 is 5.32 Å². The van der Waals surface area contributed by atoms with Gasteiger partial charge in [0.1, 0.15) is 5.75 Å². The molecule has 22 heavy (non-hydrogen) atoms. The summed E-state index contributed by atoms with van der Waals surface area (Å²) in [5.74, 6) is -0.0331. The maximum atomic E-state index is 12.6. The normalized spacial score (nSPS) is 14.8. The Morgan fingerprint density at radius 2 is 1.77 bits per heavy atom. The molecule has 0 radical (unpaired) electrons. The van der Waals surface area contributed by atoms with E-state index in [1.807, 2.05) is 30.3 Å². The Labute approximate surface area is 130 Å². The lowest BCUT2D eigenvalue weighted by Crippen LogP contribution is -2.46. The maximum Gasteiger partial charge on any atom is 0.257 e. The second-order valence-corrected chi connectivity index (χ2v) is 5.56. The minimum absolute atomic E-state index is 0.0559. The second kappa shape index (κ2) is 6.62. The maximum absolute atomic E-state index is 12.6. The lowest BCUT2D eigenvalue weighted by molar-refractivity contribution is 0.0732. The first-order valence-electron chi connectivity index (χ1n) is 7.60. The summed E-state index contributed by atoms with van der Waals surface area (Å²) in [6, 6.07) is 15.4. The van der Waals surface area contributed by atoms with Gasteiger partial charge in [0, 0.05) is 26.2 Å². The summed E-state index contributed by atoms with van der Waals surface area (Å²) in [6.45, 7) is 2.97.